The predicted octanol–water partition coefficient (Wildman–Crippen LogP) is 2.57. The van der Waals surface area contributed by atoms with Gasteiger partial charge in [-0.3, -0.25) is 9.59 Å². The van der Waals surface area contributed by atoms with E-state index < -0.39 is 0 Å². The Morgan fingerprint density at radius 3 is 2.47 bits per heavy atom. The third kappa shape index (κ3) is 12.6. The van der Waals surface area contributed by atoms with Gasteiger partial charge in [0.15, 0.2) is 0 Å². The van der Waals surface area contributed by atoms with Crippen LogP contribution >= 0.6 is 0 Å². The summed E-state index contributed by atoms with van der Waals surface area (Å²) in [7, 11) is 1.39. The van der Waals surface area contributed by atoms with Gasteiger partial charge in [-0.2, -0.15) is 5.10 Å². The van der Waals surface area contributed by atoms with E-state index in [0.717, 1.165) is 38.5 Å². The molecule has 0 aromatic carbocycles. The van der Waals surface area contributed by atoms with E-state index in [0.29, 0.717) is 12.8 Å². The number of esters is 1. The molecule has 0 aliphatic heterocycles. The van der Waals surface area contributed by atoms with Gasteiger partial charge in [-0.15, -0.1) is 6.58 Å². The number of hydrogen-bond acceptors (Lipinski definition) is 4. The number of hydrazone groups is 1. The summed E-state index contributed by atoms with van der Waals surface area (Å²) in [6.45, 7) is 3.60. The van der Waals surface area contributed by atoms with Crippen molar-refractivity contribution in [3.8, 4) is 0 Å². The van der Waals surface area contributed by atoms with Crippen molar-refractivity contribution >= 4 is 18.1 Å². The number of methoxy groups -OCH3 is 1. The molecule has 0 unspecified atom stereocenters. The predicted molar refractivity (Wildman–Crippen MR) is 75.8 cm³/mol. The lowest BCUT2D eigenvalue weighted by molar-refractivity contribution is -0.140. The molecule has 0 saturated carbocycles. The standard InChI is InChI=1S/C14H24N2O3/c1-3-4-9-12-15-16-13(17)10-7-5-6-8-11-14(18)19-2/h3,12H,1,4-11H2,2H3,(H,16,17)/b15-12+. The van der Waals surface area contributed by atoms with Crippen molar-refractivity contribution in [2.45, 2.75) is 51.4 Å². The molecule has 0 fully saturated rings. The smallest absolute Gasteiger partial charge is 0.305 e. The number of nitrogens with one attached hydrogen (secondary N) is 1. The monoisotopic (exact) mass is 268 g/mol. The first-order valence-corrected chi connectivity index (χ1v) is 6.68. The van der Waals surface area contributed by atoms with Crippen molar-refractivity contribution < 1.29 is 14.3 Å². The Morgan fingerprint density at radius 2 is 1.84 bits per heavy atom. The Balaban J connectivity index is 3.36. The van der Waals surface area contributed by atoms with Crippen LogP contribution in [-0.4, -0.2) is 25.2 Å². The molecule has 0 radical (unpaired) electrons. The maximum Gasteiger partial charge on any atom is 0.305 e. The Hall–Kier alpha value is -1.65. The normalized spacial score (nSPS) is 10.4. The van der Waals surface area contributed by atoms with Gasteiger partial charge < -0.3 is 4.74 Å². The second kappa shape index (κ2) is 12.8. The summed E-state index contributed by atoms with van der Waals surface area (Å²) in [5.74, 6) is -0.241. The molecule has 0 saturated heterocycles. The fourth-order valence-corrected chi connectivity index (χ4v) is 1.44. The lowest BCUT2D eigenvalue weighted by Gasteiger charge is -2.01. The SMILES string of the molecule is C=CCC/C=N/NC(=O)CCCCCCC(=O)OC. The maximum absolute atomic E-state index is 11.3. The van der Waals surface area contributed by atoms with Gasteiger partial charge in [0.05, 0.1) is 7.11 Å². The van der Waals surface area contributed by atoms with Gasteiger partial charge >= 0.3 is 5.97 Å². The molecular formula is C14H24N2O3. The van der Waals surface area contributed by atoms with E-state index in [1.165, 1.54) is 7.11 Å². The molecule has 0 spiro atoms. The minimum atomic E-state index is -0.174. The van der Waals surface area contributed by atoms with Crippen LogP contribution in [0, 0.1) is 0 Å². The van der Waals surface area contributed by atoms with E-state index in [-0.39, 0.29) is 11.9 Å². The third-order valence-electron chi connectivity index (χ3n) is 2.54. The third-order valence-corrected chi connectivity index (χ3v) is 2.54. The highest BCUT2D eigenvalue weighted by Crippen LogP contribution is 2.05. The first-order chi connectivity index (χ1) is 9.20. The molecule has 0 aliphatic carbocycles. The molecule has 0 bridgehead atoms. The van der Waals surface area contributed by atoms with Gasteiger partial charge in [-0.1, -0.05) is 18.9 Å². The van der Waals surface area contributed by atoms with Crippen LogP contribution < -0.4 is 5.43 Å². The van der Waals surface area contributed by atoms with Crippen LogP contribution in [0.25, 0.3) is 0 Å². The van der Waals surface area contributed by atoms with Crippen LogP contribution in [0.1, 0.15) is 51.4 Å². The van der Waals surface area contributed by atoms with Crippen molar-refractivity contribution in [3.05, 3.63) is 12.7 Å². The highest BCUT2D eigenvalue weighted by atomic mass is 16.5. The average Bonchev–Trinajstić information content (AvgIpc) is 2.42. The summed E-state index contributed by atoms with van der Waals surface area (Å²) in [5, 5.41) is 3.82. The molecular weight excluding hydrogens is 244 g/mol. The number of amides is 1. The van der Waals surface area contributed by atoms with Crippen LogP contribution in [0.15, 0.2) is 17.8 Å². The first-order valence-electron chi connectivity index (χ1n) is 6.68. The lowest BCUT2D eigenvalue weighted by atomic mass is 10.1. The highest BCUT2D eigenvalue weighted by Gasteiger charge is 2.01. The molecule has 1 N–H and O–H groups in total. The topological polar surface area (TPSA) is 67.8 Å². The molecule has 108 valence electrons. The van der Waals surface area contributed by atoms with E-state index in [1.54, 1.807) is 6.21 Å². The summed E-state index contributed by atoms with van der Waals surface area (Å²) >= 11 is 0. The molecule has 0 aromatic heterocycles. The number of unbranched alkanes of at least 4 members (excludes halogenated alkanes) is 4. The summed E-state index contributed by atoms with van der Waals surface area (Å²) in [4.78, 5) is 22.2. The summed E-state index contributed by atoms with van der Waals surface area (Å²) < 4.78 is 4.54. The average molecular weight is 268 g/mol. The fraction of sp³-hybridized carbons (Fsp3) is 0.643. The molecule has 0 aliphatic rings. The number of hydrogen-bond donors (Lipinski definition) is 1. The number of ether oxygens (including phenoxy) is 1. The van der Waals surface area contributed by atoms with Crippen LogP contribution in [0.5, 0.6) is 0 Å². The van der Waals surface area contributed by atoms with Crippen molar-refractivity contribution in [2.24, 2.45) is 5.10 Å². The van der Waals surface area contributed by atoms with Crippen LogP contribution in [0.3, 0.4) is 0 Å². The van der Waals surface area contributed by atoms with E-state index >= 15 is 0 Å². The highest BCUT2D eigenvalue weighted by molar-refractivity contribution is 5.76. The molecule has 0 heterocycles. The second-order valence-electron chi connectivity index (χ2n) is 4.20. The Kier molecular flexibility index (Phi) is 11.7. The molecule has 0 aromatic rings. The van der Waals surface area contributed by atoms with Crippen molar-refractivity contribution in [1.29, 1.82) is 0 Å². The van der Waals surface area contributed by atoms with Gasteiger partial charge in [-0.25, -0.2) is 5.43 Å². The van der Waals surface area contributed by atoms with E-state index in [1.807, 2.05) is 6.08 Å². The molecule has 1 amide bonds. The second-order valence-corrected chi connectivity index (χ2v) is 4.20. The minimum absolute atomic E-state index is 0.0668. The zero-order valence-electron chi connectivity index (χ0n) is 11.7. The van der Waals surface area contributed by atoms with Gasteiger partial charge in [-0.05, 0) is 25.7 Å². The minimum Gasteiger partial charge on any atom is -0.469 e. The zero-order valence-corrected chi connectivity index (χ0v) is 11.7. The van der Waals surface area contributed by atoms with E-state index in [2.05, 4.69) is 21.8 Å². The Bertz CT molecular complexity index is 301. The Labute approximate surface area is 115 Å². The largest absolute Gasteiger partial charge is 0.469 e. The van der Waals surface area contributed by atoms with Gasteiger partial charge in [0, 0.05) is 19.1 Å². The van der Waals surface area contributed by atoms with Crippen molar-refractivity contribution in [3.63, 3.8) is 0 Å². The van der Waals surface area contributed by atoms with E-state index in [9.17, 15) is 9.59 Å². The van der Waals surface area contributed by atoms with Crippen LogP contribution in [0.4, 0.5) is 0 Å². The number of carbonyl (C=O) groups excluding carboxylic acids is 2. The van der Waals surface area contributed by atoms with Gasteiger partial charge in [0.25, 0.3) is 0 Å². The quantitative estimate of drug-likeness (QED) is 0.206. The summed E-state index contributed by atoms with van der Waals surface area (Å²) in [6, 6.07) is 0. The van der Waals surface area contributed by atoms with Gasteiger partial charge in [0.2, 0.25) is 5.91 Å². The Morgan fingerprint density at radius 1 is 1.16 bits per heavy atom. The number of rotatable bonds is 11. The fourth-order valence-electron chi connectivity index (χ4n) is 1.44. The van der Waals surface area contributed by atoms with Crippen molar-refractivity contribution in [2.75, 3.05) is 7.11 Å². The summed E-state index contributed by atoms with van der Waals surface area (Å²) in [6.07, 6.45) is 9.56. The van der Waals surface area contributed by atoms with Crippen LogP contribution in [0.2, 0.25) is 0 Å². The van der Waals surface area contributed by atoms with E-state index in [4.69, 9.17) is 0 Å². The molecule has 5 heteroatoms. The lowest BCUT2D eigenvalue weighted by Crippen LogP contribution is -2.16. The van der Waals surface area contributed by atoms with Gasteiger partial charge in [0.1, 0.15) is 0 Å². The maximum atomic E-state index is 11.3. The number of carbonyl (C=O) groups is 2. The first kappa shape index (κ1) is 17.4. The molecule has 5 nitrogen and oxygen atoms in total. The number of nitrogens with zero attached hydrogens (tertiary/aromatic N) is 1. The van der Waals surface area contributed by atoms with Crippen LogP contribution in [-0.2, 0) is 14.3 Å². The molecule has 0 rings (SSSR count). The number of allylic oxidation sites excluding steroid dienone is 1. The molecule has 0 atom stereocenters. The zero-order chi connectivity index (χ0) is 14.3. The molecule has 19 heavy (non-hydrogen) atoms. The van der Waals surface area contributed by atoms with Crippen molar-refractivity contribution in [1.82, 2.24) is 5.43 Å². The summed E-state index contributed by atoms with van der Waals surface area (Å²) in [5.41, 5.74) is 2.48.